The Kier molecular flexibility index (Phi) is 6.57. The van der Waals surface area contributed by atoms with Gasteiger partial charge in [-0.15, -0.1) is 0 Å². The van der Waals surface area contributed by atoms with Crippen molar-refractivity contribution >= 4 is 22.6 Å². The first kappa shape index (κ1) is 21.5. The molecule has 0 radical (unpaired) electrons. The molecule has 172 valence electrons. The van der Waals surface area contributed by atoms with Gasteiger partial charge in [0.1, 0.15) is 17.0 Å². The molecular formula is C24H28N6O3. The summed E-state index contributed by atoms with van der Waals surface area (Å²) in [4.78, 5) is 31.6. The van der Waals surface area contributed by atoms with Gasteiger partial charge in [-0.3, -0.25) is 14.8 Å². The van der Waals surface area contributed by atoms with Crippen LogP contribution in [0, 0.1) is 5.92 Å². The smallest absolute Gasteiger partial charge is 0.271 e. The van der Waals surface area contributed by atoms with Gasteiger partial charge in [0.05, 0.1) is 31.0 Å². The predicted octanol–water partition coefficient (Wildman–Crippen LogP) is 2.62. The van der Waals surface area contributed by atoms with Crippen LogP contribution in [0.2, 0.25) is 0 Å². The molecule has 1 aliphatic carbocycles. The lowest BCUT2D eigenvalue weighted by Crippen LogP contribution is -2.36. The zero-order chi connectivity index (χ0) is 22.5. The van der Waals surface area contributed by atoms with Crippen LogP contribution >= 0.6 is 0 Å². The van der Waals surface area contributed by atoms with Crippen LogP contribution in [-0.2, 0) is 4.74 Å². The van der Waals surface area contributed by atoms with Crippen LogP contribution in [0.1, 0.15) is 36.2 Å². The number of ether oxygens (including phenoxy) is 2. The first-order valence-corrected chi connectivity index (χ1v) is 11.5. The molecule has 2 aromatic heterocycles. The Morgan fingerprint density at radius 3 is 2.61 bits per heavy atom. The summed E-state index contributed by atoms with van der Waals surface area (Å²) in [7, 11) is 0. The van der Waals surface area contributed by atoms with Crippen molar-refractivity contribution in [2.24, 2.45) is 5.92 Å². The van der Waals surface area contributed by atoms with Gasteiger partial charge >= 0.3 is 0 Å². The van der Waals surface area contributed by atoms with Gasteiger partial charge in [0, 0.05) is 56.2 Å². The van der Waals surface area contributed by atoms with Gasteiger partial charge in [-0.2, -0.15) is 0 Å². The molecule has 0 bridgehead atoms. The Morgan fingerprint density at radius 1 is 1.03 bits per heavy atom. The lowest BCUT2D eigenvalue weighted by molar-refractivity contribution is 0.0923. The number of nitrogens with zero attached hydrogens (tertiary/aromatic N) is 5. The molecule has 1 saturated heterocycles. The van der Waals surface area contributed by atoms with Crippen LogP contribution < -0.4 is 15.0 Å². The Hall–Kier alpha value is -3.33. The summed E-state index contributed by atoms with van der Waals surface area (Å²) in [5, 5.41) is 2.98. The number of anilines is 1. The number of carbonyl (C=O) groups is 1. The maximum atomic E-state index is 12.2. The molecule has 0 atom stereocenters. The van der Waals surface area contributed by atoms with Gasteiger partial charge in [0.25, 0.3) is 5.91 Å². The van der Waals surface area contributed by atoms with E-state index in [1.165, 1.54) is 12.4 Å². The molecule has 9 nitrogen and oxygen atoms in total. The monoisotopic (exact) mass is 448 g/mol. The number of carbonyl (C=O) groups excluding carboxylic acids is 1. The number of fused-ring (bicyclic) bond motifs is 1. The van der Waals surface area contributed by atoms with Crippen molar-refractivity contribution < 1.29 is 14.3 Å². The van der Waals surface area contributed by atoms with Crippen molar-refractivity contribution in [1.29, 1.82) is 0 Å². The number of benzene rings is 1. The first-order chi connectivity index (χ1) is 16.3. The van der Waals surface area contributed by atoms with Crippen LogP contribution in [0.5, 0.6) is 5.75 Å². The molecule has 1 aliphatic heterocycles. The molecule has 3 heterocycles. The molecule has 2 fully saturated rings. The highest BCUT2D eigenvalue weighted by Crippen LogP contribution is 2.33. The third-order valence-electron chi connectivity index (χ3n) is 6.33. The lowest BCUT2D eigenvalue weighted by Gasteiger charge is -2.31. The van der Waals surface area contributed by atoms with E-state index in [4.69, 9.17) is 9.47 Å². The standard InChI is InChI=1S/C24H28N6O3/c31-24(21-16-25-5-6-27-21)29-15-17-1-3-19(4-2-17)33-22-14-18(30-9-11-32-12-10-30)13-20-23(22)28-8-7-26-20/h5-8,13-14,16-17,19H,1-4,9-12,15H2,(H,29,31). The first-order valence-electron chi connectivity index (χ1n) is 11.5. The quantitative estimate of drug-likeness (QED) is 0.614. The van der Waals surface area contributed by atoms with E-state index in [1.807, 2.05) is 0 Å². The maximum absolute atomic E-state index is 12.2. The van der Waals surface area contributed by atoms with Crippen molar-refractivity contribution in [1.82, 2.24) is 25.3 Å². The van der Waals surface area contributed by atoms with E-state index in [1.54, 1.807) is 18.6 Å². The molecule has 1 N–H and O–H groups in total. The molecule has 33 heavy (non-hydrogen) atoms. The fraction of sp³-hybridized carbons (Fsp3) is 0.458. The summed E-state index contributed by atoms with van der Waals surface area (Å²) >= 11 is 0. The zero-order valence-corrected chi connectivity index (χ0v) is 18.5. The fourth-order valence-corrected chi connectivity index (χ4v) is 4.50. The van der Waals surface area contributed by atoms with Crippen LogP contribution in [0.15, 0.2) is 43.1 Å². The number of rotatable bonds is 6. The number of hydrogen-bond acceptors (Lipinski definition) is 8. The summed E-state index contributed by atoms with van der Waals surface area (Å²) in [5.74, 6) is 1.05. The van der Waals surface area contributed by atoms with Gasteiger partial charge in [0.15, 0.2) is 0 Å². The molecule has 1 aromatic carbocycles. The summed E-state index contributed by atoms with van der Waals surface area (Å²) in [6.45, 7) is 3.81. The Labute approximate surface area is 192 Å². The van der Waals surface area contributed by atoms with E-state index in [2.05, 4.69) is 42.3 Å². The van der Waals surface area contributed by atoms with Gasteiger partial charge < -0.3 is 19.7 Å². The highest BCUT2D eigenvalue weighted by Gasteiger charge is 2.25. The van der Waals surface area contributed by atoms with E-state index in [0.29, 0.717) is 18.2 Å². The number of morpholine rings is 1. The minimum absolute atomic E-state index is 0.127. The Bertz CT molecular complexity index is 1080. The number of aromatic nitrogens is 4. The van der Waals surface area contributed by atoms with Gasteiger partial charge in [-0.1, -0.05) is 0 Å². The second-order valence-corrected chi connectivity index (χ2v) is 8.53. The topological polar surface area (TPSA) is 102 Å². The van der Waals surface area contributed by atoms with E-state index < -0.39 is 0 Å². The lowest BCUT2D eigenvalue weighted by atomic mass is 9.87. The van der Waals surface area contributed by atoms with Crippen molar-refractivity contribution in [2.75, 3.05) is 37.7 Å². The molecule has 0 spiro atoms. The van der Waals surface area contributed by atoms with E-state index >= 15 is 0 Å². The van der Waals surface area contributed by atoms with E-state index in [0.717, 1.165) is 74.5 Å². The van der Waals surface area contributed by atoms with Gasteiger partial charge in [0.2, 0.25) is 0 Å². The van der Waals surface area contributed by atoms with Crippen molar-refractivity contribution in [3.8, 4) is 5.75 Å². The maximum Gasteiger partial charge on any atom is 0.271 e. The van der Waals surface area contributed by atoms with Crippen molar-refractivity contribution in [2.45, 2.75) is 31.8 Å². The van der Waals surface area contributed by atoms with Gasteiger partial charge in [-0.25, -0.2) is 9.97 Å². The summed E-state index contributed by atoms with van der Waals surface area (Å²) < 4.78 is 12.0. The highest BCUT2D eigenvalue weighted by atomic mass is 16.5. The molecular weight excluding hydrogens is 420 g/mol. The van der Waals surface area contributed by atoms with Crippen LogP contribution in [0.3, 0.4) is 0 Å². The molecule has 3 aromatic rings. The molecule has 9 heteroatoms. The molecule has 5 rings (SSSR count). The number of hydrogen-bond donors (Lipinski definition) is 1. The Balaban J connectivity index is 1.20. The minimum Gasteiger partial charge on any atom is -0.488 e. The number of nitrogens with one attached hydrogen (secondary N) is 1. The minimum atomic E-state index is -0.175. The second kappa shape index (κ2) is 10.1. The third kappa shape index (κ3) is 5.19. The number of amides is 1. The van der Waals surface area contributed by atoms with Crippen LogP contribution in [-0.4, -0.2) is 64.8 Å². The summed E-state index contributed by atoms with van der Waals surface area (Å²) in [6, 6.07) is 4.17. The average molecular weight is 449 g/mol. The second-order valence-electron chi connectivity index (χ2n) is 8.53. The summed E-state index contributed by atoms with van der Waals surface area (Å²) in [6.07, 6.45) is 12.0. The average Bonchev–Trinajstić information content (AvgIpc) is 2.89. The van der Waals surface area contributed by atoms with Crippen LogP contribution in [0.4, 0.5) is 5.69 Å². The van der Waals surface area contributed by atoms with Crippen LogP contribution in [0.25, 0.3) is 11.0 Å². The normalized spacial score (nSPS) is 21.0. The molecule has 0 unspecified atom stereocenters. The molecule has 1 saturated carbocycles. The highest BCUT2D eigenvalue weighted by molar-refractivity contribution is 5.91. The van der Waals surface area contributed by atoms with Gasteiger partial charge in [-0.05, 0) is 37.7 Å². The third-order valence-corrected chi connectivity index (χ3v) is 6.33. The largest absolute Gasteiger partial charge is 0.488 e. The van der Waals surface area contributed by atoms with E-state index in [-0.39, 0.29) is 12.0 Å². The zero-order valence-electron chi connectivity index (χ0n) is 18.5. The molecule has 2 aliphatic rings. The summed E-state index contributed by atoms with van der Waals surface area (Å²) in [5.41, 5.74) is 3.09. The SMILES string of the molecule is O=C(NCC1CCC(Oc2cc(N3CCOCC3)cc3nccnc23)CC1)c1cnccn1. The predicted molar refractivity (Wildman–Crippen MR) is 123 cm³/mol. The van der Waals surface area contributed by atoms with Crippen molar-refractivity contribution in [3.63, 3.8) is 0 Å². The Morgan fingerprint density at radius 2 is 1.82 bits per heavy atom. The fourth-order valence-electron chi connectivity index (χ4n) is 4.50. The van der Waals surface area contributed by atoms with Crippen molar-refractivity contribution in [3.05, 3.63) is 48.8 Å². The molecule has 1 amide bonds. The van der Waals surface area contributed by atoms with E-state index in [9.17, 15) is 4.79 Å².